The number of nitrogen functional groups attached to an aromatic ring is 1. The third-order valence-corrected chi connectivity index (χ3v) is 6.12. The Hall–Kier alpha value is -2.87. The van der Waals surface area contributed by atoms with Crippen molar-refractivity contribution in [2.24, 2.45) is 0 Å². The fourth-order valence-corrected chi connectivity index (χ4v) is 4.86. The number of anilines is 3. The van der Waals surface area contributed by atoms with Crippen LogP contribution in [0.15, 0.2) is 17.1 Å². The molecule has 140 valence electrons. The van der Waals surface area contributed by atoms with Crippen LogP contribution in [0, 0.1) is 6.92 Å². The number of aliphatic hydroxyl groups is 1. The van der Waals surface area contributed by atoms with Crippen LogP contribution >= 0.6 is 0 Å². The van der Waals surface area contributed by atoms with Gasteiger partial charge in [-0.3, -0.25) is 14.2 Å². The molecule has 5 N–H and O–H groups in total. The standard InChI is InChI=1S/C19H21N5O3/c1-9-13-14(22-11-7-12(20)21-8-10(11)16(13)25)18(27)24-15(9)17(26)23-19(24)5-3-2-4-6-19/h7-8,16,22,25H,2-6H2,1H3,(H2,20,21)(H,23,26)/t16-/m0/s1. The van der Waals surface area contributed by atoms with Crippen LogP contribution in [0.25, 0.3) is 0 Å². The molecule has 1 amide bonds. The maximum Gasteiger partial charge on any atom is 0.277 e. The third-order valence-electron chi connectivity index (χ3n) is 6.12. The molecule has 4 heterocycles. The third kappa shape index (κ3) is 2.04. The zero-order valence-electron chi connectivity index (χ0n) is 15.0. The summed E-state index contributed by atoms with van der Waals surface area (Å²) in [4.78, 5) is 30.3. The van der Waals surface area contributed by atoms with Gasteiger partial charge in [0.05, 0.1) is 5.69 Å². The molecule has 8 nitrogen and oxygen atoms in total. The Morgan fingerprint density at radius 1 is 1.30 bits per heavy atom. The Bertz CT molecular complexity index is 1050. The molecule has 1 spiro atoms. The van der Waals surface area contributed by atoms with E-state index < -0.39 is 11.8 Å². The van der Waals surface area contributed by atoms with Crippen LogP contribution in [0.5, 0.6) is 0 Å². The lowest BCUT2D eigenvalue weighted by Crippen LogP contribution is -2.49. The predicted molar refractivity (Wildman–Crippen MR) is 100.0 cm³/mol. The molecule has 0 unspecified atom stereocenters. The quantitative estimate of drug-likeness (QED) is 0.561. The first-order valence-electron chi connectivity index (χ1n) is 9.26. The van der Waals surface area contributed by atoms with E-state index in [4.69, 9.17) is 5.73 Å². The Morgan fingerprint density at radius 2 is 2.04 bits per heavy atom. The van der Waals surface area contributed by atoms with Gasteiger partial charge in [-0.25, -0.2) is 4.98 Å². The van der Waals surface area contributed by atoms with Gasteiger partial charge >= 0.3 is 0 Å². The van der Waals surface area contributed by atoms with Crippen molar-refractivity contribution in [1.82, 2.24) is 14.9 Å². The molecule has 2 aromatic rings. The van der Waals surface area contributed by atoms with Crippen LogP contribution in [0.1, 0.15) is 65.4 Å². The summed E-state index contributed by atoms with van der Waals surface area (Å²) in [5.74, 6) is 0.0539. The molecule has 1 saturated carbocycles. The first-order chi connectivity index (χ1) is 12.9. The summed E-state index contributed by atoms with van der Waals surface area (Å²) < 4.78 is 1.62. The van der Waals surface area contributed by atoms with E-state index in [0.29, 0.717) is 39.6 Å². The molecule has 5 rings (SSSR count). The number of aliphatic hydroxyl groups excluding tert-OH is 1. The highest BCUT2D eigenvalue weighted by atomic mass is 16.3. The molecule has 0 saturated heterocycles. The van der Waals surface area contributed by atoms with Crippen molar-refractivity contribution in [2.45, 2.75) is 50.8 Å². The second kappa shape index (κ2) is 5.32. The lowest BCUT2D eigenvalue weighted by molar-refractivity contribution is 0.0876. The van der Waals surface area contributed by atoms with Crippen molar-refractivity contribution >= 4 is 23.1 Å². The van der Waals surface area contributed by atoms with Crippen LogP contribution < -0.4 is 21.9 Å². The van der Waals surface area contributed by atoms with Crippen LogP contribution in [0.3, 0.4) is 0 Å². The second-order valence-electron chi connectivity index (χ2n) is 7.67. The molecular formula is C19H21N5O3. The van der Waals surface area contributed by atoms with Gasteiger partial charge < -0.3 is 21.5 Å². The van der Waals surface area contributed by atoms with E-state index in [-0.39, 0.29) is 11.5 Å². The average molecular weight is 367 g/mol. The summed E-state index contributed by atoms with van der Waals surface area (Å²) in [7, 11) is 0. The fraction of sp³-hybridized carbons (Fsp3) is 0.421. The van der Waals surface area contributed by atoms with Gasteiger partial charge in [0.25, 0.3) is 11.5 Å². The number of pyridine rings is 2. The maximum atomic E-state index is 13.5. The highest BCUT2D eigenvalue weighted by molar-refractivity contribution is 5.98. The van der Waals surface area contributed by atoms with Gasteiger partial charge in [0.1, 0.15) is 29.0 Å². The molecule has 8 heteroatoms. The van der Waals surface area contributed by atoms with Crippen LogP contribution in [0.4, 0.5) is 17.2 Å². The lowest BCUT2D eigenvalue weighted by atomic mass is 9.88. The number of amides is 1. The van der Waals surface area contributed by atoms with Crippen molar-refractivity contribution in [3.63, 3.8) is 0 Å². The van der Waals surface area contributed by atoms with Gasteiger partial charge in [-0.05, 0) is 38.2 Å². The van der Waals surface area contributed by atoms with E-state index in [2.05, 4.69) is 15.6 Å². The van der Waals surface area contributed by atoms with Gasteiger partial charge in [0.2, 0.25) is 0 Å². The summed E-state index contributed by atoms with van der Waals surface area (Å²) >= 11 is 0. The molecule has 0 bridgehead atoms. The Labute approximate surface area is 155 Å². The zero-order chi connectivity index (χ0) is 18.9. The van der Waals surface area contributed by atoms with Crippen LogP contribution in [-0.2, 0) is 5.66 Å². The number of carbonyl (C=O) groups is 1. The molecule has 0 radical (unpaired) electrons. The molecular weight excluding hydrogens is 346 g/mol. The van der Waals surface area contributed by atoms with Crippen molar-refractivity contribution in [3.8, 4) is 0 Å². The maximum absolute atomic E-state index is 13.5. The molecule has 2 aliphatic heterocycles. The van der Waals surface area contributed by atoms with Crippen molar-refractivity contribution in [1.29, 1.82) is 0 Å². The number of hydrogen-bond acceptors (Lipinski definition) is 6. The number of nitrogens with one attached hydrogen (secondary N) is 2. The van der Waals surface area contributed by atoms with Gasteiger partial charge in [0.15, 0.2) is 0 Å². The number of aromatic nitrogens is 2. The van der Waals surface area contributed by atoms with Crippen molar-refractivity contribution in [3.05, 3.63) is 45.0 Å². The molecule has 3 aliphatic rings. The largest absolute Gasteiger partial charge is 0.384 e. The molecule has 27 heavy (non-hydrogen) atoms. The highest BCUT2D eigenvalue weighted by Crippen LogP contribution is 2.44. The number of nitrogens with zero attached hydrogens (tertiary/aromatic N) is 2. The van der Waals surface area contributed by atoms with Gasteiger partial charge in [-0.1, -0.05) is 6.42 Å². The number of nitrogens with two attached hydrogens (primary N) is 1. The van der Waals surface area contributed by atoms with Gasteiger partial charge in [-0.2, -0.15) is 0 Å². The normalized spacial score (nSPS) is 21.9. The van der Waals surface area contributed by atoms with Crippen molar-refractivity contribution < 1.29 is 9.90 Å². The first kappa shape index (κ1) is 16.3. The van der Waals surface area contributed by atoms with Crippen molar-refractivity contribution in [2.75, 3.05) is 11.1 Å². The molecule has 1 atom stereocenters. The van der Waals surface area contributed by atoms with E-state index in [1.54, 1.807) is 17.6 Å². The minimum Gasteiger partial charge on any atom is -0.384 e. The summed E-state index contributed by atoms with van der Waals surface area (Å²) in [6.45, 7) is 1.78. The zero-order valence-corrected chi connectivity index (χ0v) is 15.0. The Kier molecular flexibility index (Phi) is 3.22. The minimum atomic E-state index is -1.04. The van der Waals surface area contributed by atoms with E-state index in [1.807, 2.05) is 0 Å². The summed E-state index contributed by atoms with van der Waals surface area (Å²) in [5, 5.41) is 17.1. The predicted octanol–water partition coefficient (Wildman–Crippen LogP) is 1.63. The lowest BCUT2D eigenvalue weighted by Gasteiger charge is -2.36. The number of rotatable bonds is 0. The summed E-state index contributed by atoms with van der Waals surface area (Å²) in [6, 6.07) is 1.61. The number of fused-ring (bicyclic) bond motifs is 4. The van der Waals surface area contributed by atoms with E-state index in [9.17, 15) is 14.7 Å². The van der Waals surface area contributed by atoms with E-state index >= 15 is 0 Å². The molecule has 0 aromatic carbocycles. The number of hydrogen-bond donors (Lipinski definition) is 4. The monoisotopic (exact) mass is 367 g/mol. The Balaban J connectivity index is 1.78. The average Bonchev–Trinajstić information content (AvgIpc) is 2.91. The van der Waals surface area contributed by atoms with Gasteiger partial charge in [-0.15, -0.1) is 0 Å². The van der Waals surface area contributed by atoms with E-state index in [1.165, 1.54) is 6.20 Å². The van der Waals surface area contributed by atoms with Gasteiger partial charge in [0, 0.05) is 23.4 Å². The summed E-state index contributed by atoms with van der Waals surface area (Å²) in [5.41, 5.74) is 7.64. The topological polar surface area (TPSA) is 122 Å². The molecule has 1 aliphatic carbocycles. The highest BCUT2D eigenvalue weighted by Gasteiger charge is 2.47. The smallest absolute Gasteiger partial charge is 0.277 e. The molecule has 1 fully saturated rings. The first-order valence-corrected chi connectivity index (χ1v) is 9.26. The van der Waals surface area contributed by atoms with Crippen LogP contribution in [0.2, 0.25) is 0 Å². The minimum absolute atomic E-state index is 0.247. The summed E-state index contributed by atoms with van der Waals surface area (Å²) in [6.07, 6.45) is 4.95. The molecule has 2 aromatic heterocycles. The SMILES string of the molecule is Cc1c2c(c(=O)n3c1C(=O)NC31CCCCC1)Nc1cc(N)ncc1[C@@H]2O. The fourth-order valence-electron chi connectivity index (χ4n) is 4.86. The second-order valence-corrected chi connectivity index (χ2v) is 7.67. The van der Waals surface area contributed by atoms with Crippen LogP contribution in [-0.4, -0.2) is 20.6 Å². The van der Waals surface area contributed by atoms with E-state index in [0.717, 1.165) is 32.1 Å². The Morgan fingerprint density at radius 3 is 2.78 bits per heavy atom. The number of carbonyl (C=O) groups excluding carboxylic acids is 1.